The van der Waals surface area contributed by atoms with Crippen LogP contribution in [-0.2, 0) is 4.79 Å². The van der Waals surface area contributed by atoms with Gasteiger partial charge in [0.2, 0.25) is 0 Å². The lowest BCUT2D eigenvalue weighted by atomic mass is 10.0. The van der Waals surface area contributed by atoms with Crippen molar-refractivity contribution in [3.63, 3.8) is 0 Å². The quantitative estimate of drug-likeness (QED) is 0.0462. The molecule has 0 fully saturated rings. The van der Waals surface area contributed by atoms with E-state index in [1.807, 2.05) is 30.3 Å². The summed E-state index contributed by atoms with van der Waals surface area (Å²) >= 11 is 0. The lowest BCUT2D eigenvalue weighted by Crippen LogP contribution is -2.32. The number of amides is 1. The van der Waals surface area contributed by atoms with Gasteiger partial charge < -0.3 is 19.4 Å². The van der Waals surface area contributed by atoms with E-state index in [1.165, 1.54) is 89.9 Å². The number of nitrogens with one attached hydrogen (secondary N) is 1. The second-order valence-corrected chi connectivity index (χ2v) is 12.8. The summed E-state index contributed by atoms with van der Waals surface area (Å²) in [6.07, 6.45) is 23.0. The van der Waals surface area contributed by atoms with E-state index in [0.29, 0.717) is 34.6 Å². The molecule has 258 valence electrons. The van der Waals surface area contributed by atoms with Gasteiger partial charge in [-0.2, -0.15) is 0 Å². The molecule has 0 spiro atoms. The SMILES string of the molecule is CCCCCCCCCCCCCCCCCCOc1ccc(C(=O)C(C(=O)Nc2ccccc2OC)n2cnc3ccccc32)cc1. The molecule has 3 aromatic carbocycles. The normalized spacial score (nSPS) is 11.8. The summed E-state index contributed by atoms with van der Waals surface area (Å²) in [7, 11) is 1.54. The lowest BCUT2D eigenvalue weighted by Gasteiger charge is -2.19. The fourth-order valence-corrected chi connectivity index (χ4v) is 6.22. The van der Waals surface area contributed by atoms with Crippen molar-refractivity contribution in [3.8, 4) is 11.5 Å². The van der Waals surface area contributed by atoms with E-state index in [9.17, 15) is 9.59 Å². The van der Waals surface area contributed by atoms with Crippen LogP contribution >= 0.6 is 0 Å². The summed E-state index contributed by atoms with van der Waals surface area (Å²) < 4.78 is 13.0. The molecule has 0 aliphatic carbocycles. The molecule has 4 aromatic rings. The van der Waals surface area contributed by atoms with Gasteiger partial charge in [-0.25, -0.2) is 4.98 Å². The molecule has 1 heterocycles. The first-order valence-corrected chi connectivity index (χ1v) is 18.2. The third-order valence-electron chi connectivity index (χ3n) is 9.03. The number of fused-ring (bicyclic) bond motifs is 1. The molecule has 0 saturated carbocycles. The second-order valence-electron chi connectivity index (χ2n) is 12.8. The summed E-state index contributed by atoms with van der Waals surface area (Å²) in [5, 5.41) is 2.89. The van der Waals surface area contributed by atoms with Crippen LogP contribution in [0.15, 0.2) is 79.1 Å². The molecule has 0 aliphatic heterocycles. The third kappa shape index (κ3) is 11.5. The molecule has 1 aromatic heterocycles. The minimum absolute atomic E-state index is 0.338. The lowest BCUT2D eigenvalue weighted by molar-refractivity contribution is -0.118. The van der Waals surface area contributed by atoms with E-state index in [-0.39, 0.29) is 5.78 Å². The van der Waals surface area contributed by atoms with Crippen LogP contribution in [0.25, 0.3) is 11.0 Å². The molecule has 7 nitrogen and oxygen atoms in total. The first-order valence-electron chi connectivity index (χ1n) is 18.2. The number of nitrogens with zero attached hydrogens (tertiary/aromatic N) is 2. The zero-order valence-electron chi connectivity index (χ0n) is 29.1. The van der Waals surface area contributed by atoms with Gasteiger partial charge in [0, 0.05) is 5.56 Å². The minimum atomic E-state index is -1.17. The Morgan fingerprint density at radius 2 is 1.27 bits per heavy atom. The van der Waals surface area contributed by atoms with Gasteiger partial charge in [-0.05, 0) is 55.0 Å². The summed E-state index contributed by atoms with van der Waals surface area (Å²) in [5.74, 6) is 0.417. The van der Waals surface area contributed by atoms with E-state index in [4.69, 9.17) is 9.47 Å². The predicted octanol–water partition coefficient (Wildman–Crippen LogP) is 10.7. The molecule has 1 unspecified atom stereocenters. The molecule has 1 N–H and O–H groups in total. The molecular weight excluding hydrogens is 598 g/mol. The van der Waals surface area contributed by atoms with Crippen molar-refractivity contribution in [1.29, 1.82) is 0 Å². The van der Waals surface area contributed by atoms with Crippen molar-refractivity contribution >= 4 is 28.4 Å². The number of ether oxygens (including phenoxy) is 2. The Hall–Kier alpha value is -4.13. The minimum Gasteiger partial charge on any atom is -0.495 e. The van der Waals surface area contributed by atoms with Crippen molar-refractivity contribution < 1.29 is 19.1 Å². The number of benzene rings is 3. The molecular formula is C41H55N3O4. The molecule has 0 bridgehead atoms. The van der Waals surface area contributed by atoms with Crippen LogP contribution in [0.3, 0.4) is 0 Å². The second kappa shape index (κ2) is 21.0. The standard InChI is InChI=1S/C41H55N3O4/c1-3-4-5-6-7-8-9-10-11-12-13-14-15-16-17-22-31-48-34-29-27-33(28-30-34)40(45)39(44-32-42-35-23-18-20-25-37(35)44)41(46)43-36-24-19-21-26-38(36)47-2/h18-21,23-30,32,39H,3-17,22,31H2,1-2H3,(H,43,46). The Morgan fingerprint density at radius 1 is 0.708 bits per heavy atom. The topological polar surface area (TPSA) is 82.5 Å². The number of para-hydroxylation sites is 4. The van der Waals surface area contributed by atoms with Crippen LogP contribution in [0.1, 0.15) is 126 Å². The van der Waals surface area contributed by atoms with Gasteiger partial charge in [-0.1, -0.05) is 128 Å². The zero-order chi connectivity index (χ0) is 33.8. The highest BCUT2D eigenvalue weighted by Crippen LogP contribution is 2.28. The van der Waals surface area contributed by atoms with Gasteiger partial charge in [0.25, 0.3) is 5.91 Å². The monoisotopic (exact) mass is 653 g/mol. The Bertz CT molecular complexity index is 1510. The number of rotatable bonds is 24. The van der Waals surface area contributed by atoms with Crippen LogP contribution < -0.4 is 14.8 Å². The average molecular weight is 654 g/mol. The number of ketones is 1. The molecule has 7 heteroatoms. The predicted molar refractivity (Wildman–Crippen MR) is 196 cm³/mol. The maximum absolute atomic E-state index is 13.9. The van der Waals surface area contributed by atoms with Crippen LogP contribution in [-0.4, -0.2) is 35.0 Å². The van der Waals surface area contributed by atoms with Gasteiger partial charge in [0.15, 0.2) is 11.8 Å². The zero-order valence-corrected chi connectivity index (χ0v) is 29.1. The molecule has 0 aliphatic rings. The molecule has 0 saturated heterocycles. The Balaban J connectivity index is 1.19. The number of imidazole rings is 1. The van der Waals surface area contributed by atoms with Crippen molar-refractivity contribution in [1.82, 2.24) is 9.55 Å². The number of carbonyl (C=O) groups excluding carboxylic acids is 2. The molecule has 4 rings (SSSR count). The van der Waals surface area contributed by atoms with Gasteiger partial charge in [0.1, 0.15) is 11.5 Å². The first-order chi connectivity index (χ1) is 23.6. The van der Waals surface area contributed by atoms with Gasteiger partial charge >= 0.3 is 0 Å². The number of anilines is 1. The maximum Gasteiger partial charge on any atom is 0.255 e. The fraction of sp³-hybridized carbons (Fsp3) is 0.488. The molecule has 1 atom stereocenters. The summed E-state index contributed by atoms with van der Waals surface area (Å²) in [4.78, 5) is 32.1. The number of carbonyl (C=O) groups is 2. The number of hydrogen-bond donors (Lipinski definition) is 1. The summed E-state index contributed by atoms with van der Waals surface area (Å²) in [5.41, 5.74) is 2.32. The van der Waals surface area contributed by atoms with Crippen molar-refractivity contribution in [2.45, 2.75) is 116 Å². The first kappa shape index (κ1) is 36.7. The van der Waals surface area contributed by atoms with Crippen LogP contribution in [0, 0.1) is 0 Å². The van der Waals surface area contributed by atoms with Crippen molar-refractivity contribution in [2.24, 2.45) is 0 Å². The number of hydrogen-bond acceptors (Lipinski definition) is 5. The van der Waals surface area contributed by atoms with Crippen LogP contribution in [0.2, 0.25) is 0 Å². The molecule has 48 heavy (non-hydrogen) atoms. The van der Waals surface area contributed by atoms with Gasteiger partial charge in [0.05, 0.1) is 36.8 Å². The van der Waals surface area contributed by atoms with Gasteiger partial charge in [-0.15, -0.1) is 0 Å². The van der Waals surface area contributed by atoms with Crippen LogP contribution in [0.4, 0.5) is 5.69 Å². The number of methoxy groups -OCH3 is 1. The van der Waals surface area contributed by atoms with Crippen LogP contribution in [0.5, 0.6) is 11.5 Å². The summed E-state index contributed by atoms with van der Waals surface area (Å²) in [6.45, 7) is 2.93. The largest absolute Gasteiger partial charge is 0.495 e. The van der Waals surface area contributed by atoms with E-state index in [2.05, 4.69) is 17.2 Å². The number of unbranched alkanes of at least 4 members (excludes halogenated alkanes) is 15. The van der Waals surface area contributed by atoms with E-state index in [1.54, 1.807) is 60.5 Å². The maximum atomic E-state index is 13.9. The van der Waals surface area contributed by atoms with E-state index < -0.39 is 11.9 Å². The average Bonchev–Trinajstić information content (AvgIpc) is 3.53. The highest BCUT2D eigenvalue weighted by atomic mass is 16.5. The van der Waals surface area contributed by atoms with E-state index >= 15 is 0 Å². The highest BCUT2D eigenvalue weighted by Gasteiger charge is 2.31. The highest BCUT2D eigenvalue weighted by molar-refractivity contribution is 6.16. The Morgan fingerprint density at radius 3 is 1.90 bits per heavy atom. The number of Topliss-reactive ketones (excluding diaryl/α,β-unsaturated/α-hetero) is 1. The van der Waals surface area contributed by atoms with Crippen molar-refractivity contribution in [2.75, 3.05) is 19.0 Å². The molecule has 1 amide bonds. The molecule has 0 radical (unpaired) electrons. The third-order valence-corrected chi connectivity index (χ3v) is 9.03. The Kier molecular flexibility index (Phi) is 16.0. The van der Waals surface area contributed by atoms with Crippen molar-refractivity contribution in [3.05, 3.63) is 84.7 Å². The van der Waals surface area contributed by atoms with E-state index in [0.717, 1.165) is 18.6 Å². The summed E-state index contributed by atoms with van der Waals surface area (Å²) in [6, 6.07) is 20.5. The smallest absolute Gasteiger partial charge is 0.255 e. The fourth-order valence-electron chi connectivity index (χ4n) is 6.22. The number of aromatic nitrogens is 2. The Labute approximate surface area is 287 Å². The van der Waals surface area contributed by atoms with Gasteiger partial charge in [-0.3, -0.25) is 9.59 Å².